The second-order valence-electron chi connectivity index (χ2n) is 4.29. The minimum absolute atomic E-state index is 0.240. The number of hydrogen-bond acceptors (Lipinski definition) is 2. The second kappa shape index (κ2) is 5.36. The van der Waals surface area contributed by atoms with Gasteiger partial charge in [0.15, 0.2) is 0 Å². The SMILES string of the molecule is C#Cc1cc(NC(=O)c2cccc(C)n2)ccc1C. The molecule has 0 unspecified atom stereocenters. The third-order valence-corrected chi connectivity index (χ3v) is 2.77. The van der Waals surface area contributed by atoms with Gasteiger partial charge in [-0.1, -0.05) is 18.1 Å². The Bertz CT molecular complexity index is 669. The standard InChI is InChI=1S/C16H14N2O/c1-4-13-10-14(9-8-11(13)2)18-16(19)15-7-5-6-12(3)17-15/h1,5-10H,2-3H3,(H,18,19). The van der Waals surface area contributed by atoms with E-state index in [4.69, 9.17) is 6.42 Å². The maximum atomic E-state index is 12.0. The Morgan fingerprint density at radius 3 is 2.74 bits per heavy atom. The van der Waals surface area contributed by atoms with E-state index in [1.54, 1.807) is 18.2 Å². The van der Waals surface area contributed by atoms with Gasteiger partial charge in [0.25, 0.3) is 5.91 Å². The number of terminal acetylenes is 1. The summed E-state index contributed by atoms with van der Waals surface area (Å²) < 4.78 is 0. The van der Waals surface area contributed by atoms with Crippen molar-refractivity contribution in [3.63, 3.8) is 0 Å². The summed E-state index contributed by atoms with van der Waals surface area (Å²) in [5.74, 6) is 2.35. The molecule has 1 aromatic carbocycles. The molecule has 0 radical (unpaired) electrons. The van der Waals surface area contributed by atoms with E-state index in [9.17, 15) is 4.79 Å². The summed E-state index contributed by atoms with van der Waals surface area (Å²) in [4.78, 5) is 16.2. The minimum Gasteiger partial charge on any atom is -0.321 e. The summed E-state index contributed by atoms with van der Waals surface area (Å²) in [5, 5.41) is 2.79. The number of rotatable bonds is 2. The third-order valence-electron chi connectivity index (χ3n) is 2.77. The molecule has 19 heavy (non-hydrogen) atoms. The van der Waals surface area contributed by atoms with Crippen LogP contribution in [-0.2, 0) is 0 Å². The quantitative estimate of drug-likeness (QED) is 0.833. The van der Waals surface area contributed by atoms with Gasteiger partial charge in [-0.15, -0.1) is 6.42 Å². The van der Waals surface area contributed by atoms with Crippen molar-refractivity contribution in [1.29, 1.82) is 0 Å². The molecular formula is C16H14N2O. The van der Waals surface area contributed by atoms with Crippen molar-refractivity contribution >= 4 is 11.6 Å². The van der Waals surface area contributed by atoms with E-state index in [-0.39, 0.29) is 5.91 Å². The zero-order chi connectivity index (χ0) is 13.8. The number of nitrogens with one attached hydrogen (secondary N) is 1. The van der Waals surface area contributed by atoms with Crippen molar-refractivity contribution in [2.24, 2.45) is 0 Å². The van der Waals surface area contributed by atoms with E-state index in [0.29, 0.717) is 11.4 Å². The number of anilines is 1. The number of amides is 1. The van der Waals surface area contributed by atoms with Crippen LogP contribution in [0, 0.1) is 26.2 Å². The van der Waals surface area contributed by atoms with Crippen molar-refractivity contribution in [3.8, 4) is 12.3 Å². The van der Waals surface area contributed by atoms with Gasteiger partial charge >= 0.3 is 0 Å². The molecular weight excluding hydrogens is 236 g/mol. The average molecular weight is 250 g/mol. The fraction of sp³-hybridized carbons (Fsp3) is 0.125. The number of aromatic nitrogens is 1. The van der Waals surface area contributed by atoms with Crippen LogP contribution in [0.5, 0.6) is 0 Å². The first-order valence-electron chi connectivity index (χ1n) is 5.92. The van der Waals surface area contributed by atoms with Gasteiger partial charge in [0.05, 0.1) is 0 Å². The highest BCUT2D eigenvalue weighted by molar-refractivity contribution is 6.02. The summed E-state index contributed by atoms with van der Waals surface area (Å²) in [6.07, 6.45) is 5.41. The molecule has 1 heterocycles. The predicted octanol–water partition coefficient (Wildman–Crippen LogP) is 2.93. The number of nitrogens with zero attached hydrogens (tertiary/aromatic N) is 1. The van der Waals surface area contributed by atoms with Gasteiger partial charge < -0.3 is 5.32 Å². The van der Waals surface area contributed by atoms with Crippen LogP contribution in [0.1, 0.15) is 27.3 Å². The van der Waals surface area contributed by atoms with Gasteiger partial charge in [0, 0.05) is 16.9 Å². The van der Waals surface area contributed by atoms with E-state index in [1.807, 2.05) is 32.0 Å². The van der Waals surface area contributed by atoms with Crippen molar-refractivity contribution < 1.29 is 4.79 Å². The predicted molar refractivity (Wildman–Crippen MR) is 76.0 cm³/mol. The lowest BCUT2D eigenvalue weighted by atomic mass is 10.1. The average Bonchev–Trinajstić information content (AvgIpc) is 2.41. The lowest BCUT2D eigenvalue weighted by molar-refractivity contribution is 0.102. The molecule has 0 atom stereocenters. The summed E-state index contributed by atoms with van der Waals surface area (Å²) >= 11 is 0. The van der Waals surface area contributed by atoms with E-state index in [1.165, 1.54) is 0 Å². The molecule has 0 saturated heterocycles. The summed E-state index contributed by atoms with van der Waals surface area (Å²) in [6.45, 7) is 3.78. The lowest BCUT2D eigenvalue weighted by Gasteiger charge is -2.07. The highest BCUT2D eigenvalue weighted by Gasteiger charge is 2.08. The molecule has 1 aromatic heterocycles. The molecule has 2 rings (SSSR count). The first kappa shape index (κ1) is 12.8. The van der Waals surface area contributed by atoms with Crippen LogP contribution in [0.3, 0.4) is 0 Å². The van der Waals surface area contributed by atoms with Crippen LogP contribution in [0.15, 0.2) is 36.4 Å². The van der Waals surface area contributed by atoms with Crippen molar-refractivity contribution in [2.45, 2.75) is 13.8 Å². The van der Waals surface area contributed by atoms with Crippen LogP contribution < -0.4 is 5.32 Å². The molecule has 94 valence electrons. The summed E-state index contributed by atoms with van der Waals surface area (Å²) in [7, 11) is 0. The number of carbonyl (C=O) groups is 1. The largest absolute Gasteiger partial charge is 0.321 e. The number of pyridine rings is 1. The Balaban J connectivity index is 2.22. The smallest absolute Gasteiger partial charge is 0.274 e. The van der Waals surface area contributed by atoms with Crippen LogP contribution >= 0.6 is 0 Å². The van der Waals surface area contributed by atoms with Crippen LogP contribution in [-0.4, -0.2) is 10.9 Å². The van der Waals surface area contributed by atoms with Gasteiger partial charge in [-0.25, -0.2) is 4.98 Å². The van der Waals surface area contributed by atoms with E-state index >= 15 is 0 Å². The third kappa shape index (κ3) is 2.99. The Labute approximate surface area is 112 Å². The normalized spacial score (nSPS) is 9.74. The molecule has 0 bridgehead atoms. The number of carbonyl (C=O) groups excluding carboxylic acids is 1. The second-order valence-corrected chi connectivity index (χ2v) is 4.29. The van der Waals surface area contributed by atoms with Crippen LogP contribution in [0.25, 0.3) is 0 Å². The molecule has 3 nitrogen and oxygen atoms in total. The maximum Gasteiger partial charge on any atom is 0.274 e. The molecule has 0 fully saturated rings. The monoisotopic (exact) mass is 250 g/mol. The van der Waals surface area contributed by atoms with Crippen molar-refractivity contribution in [2.75, 3.05) is 5.32 Å². The molecule has 1 amide bonds. The highest BCUT2D eigenvalue weighted by Crippen LogP contribution is 2.15. The number of benzene rings is 1. The number of aryl methyl sites for hydroxylation is 2. The van der Waals surface area contributed by atoms with Crippen LogP contribution in [0.2, 0.25) is 0 Å². The van der Waals surface area contributed by atoms with Gasteiger partial charge in [-0.3, -0.25) is 4.79 Å². The molecule has 1 N–H and O–H groups in total. The Morgan fingerprint density at radius 2 is 2.05 bits per heavy atom. The number of hydrogen-bond donors (Lipinski definition) is 1. The van der Waals surface area contributed by atoms with E-state index in [0.717, 1.165) is 16.8 Å². The fourth-order valence-electron chi connectivity index (χ4n) is 1.72. The zero-order valence-corrected chi connectivity index (χ0v) is 10.9. The molecule has 0 saturated carbocycles. The van der Waals surface area contributed by atoms with Gasteiger partial charge in [-0.2, -0.15) is 0 Å². The molecule has 0 spiro atoms. The maximum absolute atomic E-state index is 12.0. The Morgan fingerprint density at radius 1 is 1.26 bits per heavy atom. The summed E-state index contributed by atoms with van der Waals surface area (Å²) in [5.41, 5.74) is 3.65. The van der Waals surface area contributed by atoms with Gasteiger partial charge in [0.2, 0.25) is 0 Å². The Kier molecular flexibility index (Phi) is 3.63. The van der Waals surface area contributed by atoms with E-state index in [2.05, 4.69) is 16.2 Å². The van der Waals surface area contributed by atoms with Crippen molar-refractivity contribution in [3.05, 3.63) is 58.9 Å². The van der Waals surface area contributed by atoms with Crippen molar-refractivity contribution in [1.82, 2.24) is 4.98 Å². The molecule has 0 aliphatic carbocycles. The molecule has 2 aromatic rings. The first-order chi connectivity index (χ1) is 9.10. The molecule has 0 aliphatic heterocycles. The first-order valence-corrected chi connectivity index (χ1v) is 5.92. The van der Waals surface area contributed by atoms with Gasteiger partial charge in [0.1, 0.15) is 5.69 Å². The van der Waals surface area contributed by atoms with Gasteiger partial charge in [-0.05, 0) is 43.7 Å². The molecule has 3 heteroatoms. The summed E-state index contributed by atoms with van der Waals surface area (Å²) in [6, 6.07) is 10.8. The lowest BCUT2D eigenvalue weighted by Crippen LogP contribution is -2.14. The topological polar surface area (TPSA) is 42.0 Å². The minimum atomic E-state index is -0.240. The van der Waals surface area contributed by atoms with E-state index < -0.39 is 0 Å². The zero-order valence-electron chi connectivity index (χ0n) is 10.9. The Hall–Kier alpha value is -2.60. The fourth-order valence-corrected chi connectivity index (χ4v) is 1.72. The van der Waals surface area contributed by atoms with Crippen LogP contribution in [0.4, 0.5) is 5.69 Å². The highest BCUT2D eigenvalue weighted by atomic mass is 16.1. The molecule has 0 aliphatic rings.